The van der Waals surface area contributed by atoms with Crippen LogP contribution in [-0.4, -0.2) is 19.2 Å². The van der Waals surface area contributed by atoms with Gasteiger partial charge in [0.1, 0.15) is 0 Å². The molecule has 1 unspecified atom stereocenters. The highest BCUT2D eigenvalue weighted by molar-refractivity contribution is 4.63. The third-order valence-corrected chi connectivity index (χ3v) is 1.27. The van der Waals surface area contributed by atoms with Crippen LogP contribution in [0, 0.1) is 0 Å². The Morgan fingerprint density at radius 1 is 1.62 bits per heavy atom. The molecule has 0 aromatic heterocycles. The molecule has 0 amide bonds. The minimum Gasteiger partial charge on any atom is -0.326 e. The minimum absolute atomic E-state index is 0.289. The molecule has 0 radical (unpaired) electrons. The van der Waals surface area contributed by atoms with Gasteiger partial charge in [0, 0.05) is 12.6 Å². The first-order valence-corrected chi connectivity index (χ1v) is 3.00. The van der Waals surface area contributed by atoms with Crippen LogP contribution >= 0.6 is 0 Å². The number of hydrogen-bond donors (Lipinski definition) is 2. The van der Waals surface area contributed by atoms with E-state index >= 15 is 0 Å². The predicted molar refractivity (Wildman–Crippen MR) is 31.2 cm³/mol. The summed E-state index contributed by atoms with van der Waals surface area (Å²) in [5.74, 6) is 0. The first kappa shape index (κ1) is 6.01. The molecule has 0 aliphatic carbocycles. The Morgan fingerprint density at radius 2 is 2.50 bits per heavy atom. The van der Waals surface area contributed by atoms with E-state index in [4.69, 9.17) is 10.6 Å². The van der Waals surface area contributed by atoms with Gasteiger partial charge in [0.25, 0.3) is 0 Å². The van der Waals surface area contributed by atoms with Gasteiger partial charge in [-0.25, -0.2) is 5.48 Å². The van der Waals surface area contributed by atoms with Crippen LogP contribution in [0.2, 0.25) is 0 Å². The van der Waals surface area contributed by atoms with Crippen molar-refractivity contribution in [1.82, 2.24) is 5.48 Å². The van der Waals surface area contributed by atoms with Gasteiger partial charge in [0.15, 0.2) is 0 Å². The van der Waals surface area contributed by atoms with Gasteiger partial charge in [0.2, 0.25) is 0 Å². The molecule has 1 aliphatic rings. The maximum atomic E-state index is 5.59. The van der Waals surface area contributed by atoms with Crippen LogP contribution in [0.3, 0.4) is 0 Å². The van der Waals surface area contributed by atoms with Crippen LogP contribution in [0.5, 0.6) is 0 Å². The summed E-state index contributed by atoms with van der Waals surface area (Å²) in [7, 11) is 0. The molecule has 1 fully saturated rings. The Morgan fingerprint density at radius 3 is 3.38 bits per heavy atom. The highest BCUT2D eigenvalue weighted by atomic mass is 16.6. The molecule has 1 aliphatic heterocycles. The number of nitrogens with two attached hydrogens (primary N) is 1. The van der Waals surface area contributed by atoms with Gasteiger partial charge in [0.05, 0.1) is 6.61 Å². The van der Waals surface area contributed by atoms with Crippen molar-refractivity contribution in [2.45, 2.75) is 18.9 Å². The van der Waals surface area contributed by atoms with Gasteiger partial charge < -0.3 is 10.6 Å². The summed E-state index contributed by atoms with van der Waals surface area (Å²) in [4.78, 5) is 4.93. The molecule has 3 nitrogen and oxygen atoms in total. The maximum absolute atomic E-state index is 5.59. The van der Waals surface area contributed by atoms with Crippen molar-refractivity contribution in [3.8, 4) is 0 Å². The van der Waals surface area contributed by atoms with E-state index in [9.17, 15) is 0 Å². The molecule has 3 heteroatoms. The summed E-state index contributed by atoms with van der Waals surface area (Å²) in [5.41, 5.74) is 8.36. The van der Waals surface area contributed by atoms with Crippen LogP contribution in [0.1, 0.15) is 12.8 Å². The van der Waals surface area contributed by atoms with Crippen molar-refractivity contribution >= 4 is 0 Å². The van der Waals surface area contributed by atoms with Crippen molar-refractivity contribution in [2.24, 2.45) is 5.73 Å². The van der Waals surface area contributed by atoms with Gasteiger partial charge in [-0.3, -0.25) is 0 Å². The van der Waals surface area contributed by atoms with Gasteiger partial charge >= 0.3 is 0 Å². The largest absolute Gasteiger partial charge is 0.326 e. The van der Waals surface area contributed by atoms with E-state index in [1.165, 1.54) is 0 Å². The van der Waals surface area contributed by atoms with E-state index in [1.54, 1.807) is 0 Å². The minimum atomic E-state index is 0.289. The number of nitrogens with one attached hydrogen (secondary N) is 1. The van der Waals surface area contributed by atoms with Gasteiger partial charge in [-0.1, -0.05) is 0 Å². The molecule has 8 heavy (non-hydrogen) atoms. The molecular weight excluding hydrogens is 104 g/mol. The number of rotatable bonds is 0. The first-order valence-electron chi connectivity index (χ1n) is 3.00. The third-order valence-electron chi connectivity index (χ3n) is 1.27. The lowest BCUT2D eigenvalue weighted by molar-refractivity contribution is 0.0515. The molecule has 1 heterocycles. The Balaban J connectivity index is 2.17. The van der Waals surface area contributed by atoms with Gasteiger partial charge in [-0.05, 0) is 12.8 Å². The average molecular weight is 116 g/mol. The Kier molecular flexibility index (Phi) is 2.27. The molecule has 0 spiro atoms. The van der Waals surface area contributed by atoms with Gasteiger partial charge in [-0.2, -0.15) is 0 Å². The molecule has 0 bridgehead atoms. The lowest BCUT2D eigenvalue weighted by Crippen LogP contribution is -2.30. The van der Waals surface area contributed by atoms with E-state index in [-0.39, 0.29) is 6.04 Å². The molecule has 1 atom stereocenters. The Bertz CT molecular complexity index is 59.4. The second kappa shape index (κ2) is 3.02. The van der Waals surface area contributed by atoms with Crippen molar-refractivity contribution in [1.29, 1.82) is 0 Å². The second-order valence-electron chi connectivity index (χ2n) is 2.10. The van der Waals surface area contributed by atoms with Crippen LogP contribution in [0.15, 0.2) is 0 Å². The molecule has 1 saturated heterocycles. The predicted octanol–water partition coefficient (Wildman–Crippen LogP) is -0.371. The van der Waals surface area contributed by atoms with E-state index in [2.05, 4.69) is 5.48 Å². The zero-order valence-corrected chi connectivity index (χ0v) is 4.89. The summed E-state index contributed by atoms with van der Waals surface area (Å²) in [6.07, 6.45) is 2.15. The zero-order chi connectivity index (χ0) is 5.82. The maximum Gasteiger partial charge on any atom is 0.0682 e. The van der Waals surface area contributed by atoms with Crippen molar-refractivity contribution in [3.63, 3.8) is 0 Å². The summed E-state index contributed by atoms with van der Waals surface area (Å²) >= 11 is 0. The molecule has 1 rings (SSSR count). The van der Waals surface area contributed by atoms with Crippen molar-refractivity contribution < 1.29 is 4.84 Å². The SMILES string of the molecule is NC1CCCONC1. The topological polar surface area (TPSA) is 47.3 Å². The first-order chi connectivity index (χ1) is 3.89. The van der Waals surface area contributed by atoms with Gasteiger partial charge in [-0.15, -0.1) is 0 Å². The van der Waals surface area contributed by atoms with E-state index in [0.717, 1.165) is 26.0 Å². The molecule has 0 aromatic rings. The van der Waals surface area contributed by atoms with Crippen LogP contribution < -0.4 is 11.2 Å². The van der Waals surface area contributed by atoms with Crippen LogP contribution in [0.25, 0.3) is 0 Å². The smallest absolute Gasteiger partial charge is 0.0682 e. The average Bonchev–Trinajstić information content (AvgIpc) is 1.94. The van der Waals surface area contributed by atoms with E-state index in [0.29, 0.717) is 0 Å². The van der Waals surface area contributed by atoms with Crippen molar-refractivity contribution in [2.75, 3.05) is 13.2 Å². The Labute approximate surface area is 49.2 Å². The fourth-order valence-corrected chi connectivity index (χ4v) is 0.758. The van der Waals surface area contributed by atoms with E-state index in [1.807, 2.05) is 0 Å². The third kappa shape index (κ3) is 1.78. The fraction of sp³-hybridized carbons (Fsp3) is 1.00. The fourth-order valence-electron chi connectivity index (χ4n) is 0.758. The van der Waals surface area contributed by atoms with Crippen molar-refractivity contribution in [3.05, 3.63) is 0 Å². The molecule has 0 aromatic carbocycles. The number of hydroxylamine groups is 1. The lowest BCUT2D eigenvalue weighted by Gasteiger charge is -2.03. The summed E-state index contributed by atoms with van der Waals surface area (Å²) in [5, 5.41) is 0. The van der Waals surface area contributed by atoms with Crippen LogP contribution in [0.4, 0.5) is 0 Å². The molecule has 0 saturated carbocycles. The normalized spacial score (nSPS) is 31.9. The molecule has 3 N–H and O–H groups in total. The summed E-state index contributed by atoms with van der Waals surface area (Å²) in [6, 6.07) is 0.289. The summed E-state index contributed by atoms with van der Waals surface area (Å²) in [6.45, 7) is 1.59. The second-order valence-corrected chi connectivity index (χ2v) is 2.10. The monoisotopic (exact) mass is 116 g/mol. The highest BCUT2D eigenvalue weighted by Crippen LogP contribution is 1.96. The van der Waals surface area contributed by atoms with E-state index < -0.39 is 0 Å². The quantitative estimate of drug-likeness (QED) is 0.454. The van der Waals surface area contributed by atoms with Crippen LogP contribution in [-0.2, 0) is 4.84 Å². The zero-order valence-electron chi connectivity index (χ0n) is 4.89. The molecule has 48 valence electrons. The lowest BCUT2D eigenvalue weighted by atomic mass is 10.2. The Hall–Kier alpha value is -0.120. The number of hydrogen-bond acceptors (Lipinski definition) is 3. The molecular formula is C5H12N2O. The summed E-state index contributed by atoms with van der Waals surface area (Å²) < 4.78 is 0. The standard InChI is InChI=1S/C5H12N2O/c6-5-2-1-3-8-7-4-5/h5,7H,1-4,6H2. The highest BCUT2D eigenvalue weighted by Gasteiger charge is 2.04.